The zero-order chi connectivity index (χ0) is 20.6. The van der Waals surface area contributed by atoms with E-state index in [1.165, 1.54) is 56.1 Å². The molecule has 2 nitrogen and oxygen atoms in total. The summed E-state index contributed by atoms with van der Waals surface area (Å²) in [5.41, 5.74) is 3.23. The number of ether oxygens (including phenoxy) is 1. The number of aliphatic hydroxyl groups excluding tert-OH is 1. The van der Waals surface area contributed by atoms with Gasteiger partial charge in [-0.05, 0) is 91.4 Å². The molecule has 0 aliphatic heterocycles. The molecule has 0 bridgehead atoms. The van der Waals surface area contributed by atoms with Gasteiger partial charge in [-0.25, -0.2) is 0 Å². The highest BCUT2D eigenvalue weighted by atomic mass is 16.5. The Morgan fingerprint density at radius 2 is 2.10 bits per heavy atom. The lowest BCUT2D eigenvalue weighted by molar-refractivity contribution is -0.0788. The predicted octanol–water partition coefficient (Wildman–Crippen LogP) is 6.66. The number of hydrogen-bond donors (Lipinski definition) is 1. The summed E-state index contributed by atoms with van der Waals surface area (Å²) in [5.74, 6) is 2.79. The number of allylic oxidation sites excluding steroid dienone is 1. The first kappa shape index (κ1) is 21.0. The van der Waals surface area contributed by atoms with Crippen molar-refractivity contribution < 1.29 is 9.84 Å². The first-order chi connectivity index (χ1) is 14.0. The maximum Gasteiger partial charge on any atom is 0.119 e. The summed E-state index contributed by atoms with van der Waals surface area (Å²) in [6.07, 6.45) is 14.0. The quantitative estimate of drug-likeness (QED) is 0.522. The molecule has 0 radical (unpaired) electrons. The first-order valence-corrected chi connectivity index (χ1v) is 12.0. The molecule has 1 unspecified atom stereocenters. The molecule has 0 heterocycles. The minimum atomic E-state index is -0.133. The van der Waals surface area contributed by atoms with Crippen LogP contribution in [0.3, 0.4) is 0 Å². The van der Waals surface area contributed by atoms with Crippen LogP contribution in [0.15, 0.2) is 30.9 Å². The number of rotatable bonds is 7. The fourth-order valence-electron chi connectivity index (χ4n) is 7.68. The Kier molecular flexibility index (Phi) is 5.86. The zero-order valence-corrected chi connectivity index (χ0v) is 18.8. The summed E-state index contributed by atoms with van der Waals surface area (Å²) < 4.78 is 5.49. The summed E-state index contributed by atoms with van der Waals surface area (Å²) >= 11 is 0. The molecule has 3 aliphatic rings. The van der Waals surface area contributed by atoms with E-state index >= 15 is 0 Å². The molecule has 6 atom stereocenters. The normalized spacial score (nSPS) is 36.6. The molecule has 0 saturated heterocycles. The summed E-state index contributed by atoms with van der Waals surface area (Å²) in [4.78, 5) is 0. The second-order valence-corrected chi connectivity index (χ2v) is 10.3. The Labute approximate surface area is 177 Å². The van der Waals surface area contributed by atoms with Crippen molar-refractivity contribution in [1.82, 2.24) is 0 Å². The van der Waals surface area contributed by atoms with Gasteiger partial charge in [0.1, 0.15) is 5.75 Å². The molecule has 0 amide bonds. The van der Waals surface area contributed by atoms with Crippen molar-refractivity contribution in [1.29, 1.82) is 0 Å². The van der Waals surface area contributed by atoms with Crippen molar-refractivity contribution in [3.8, 4) is 5.75 Å². The fourth-order valence-corrected chi connectivity index (χ4v) is 7.68. The summed E-state index contributed by atoms with van der Waals surface area (Å²) in [6, 6.07) is 6.70. The number of unbranched alkanes of at least 4 members (excludes halogenated alkanes) is 1. The van der Waals surface area contributed by atoms with E-state index in [-0.39, 0.29) is 16.9 Å². The highest BCUT2D eigenvalue weighted by Crippen LogP contribution is 2.69. The Bertz CT molecular complexity index is 740. The molecular weight excluding hydrogens is 356 g/mol. The topological polar surface area (TPSA) is 29.5 Å². The van der Waals surface area contributed by atoms with E-state index in [1.54, 1.807) is 7.11 Å². The highest BCUT2D eigenvalue weighted by molar-refractivity contribution is 5.43. The van der Waals surface area contributed by atoms with Gasteiger partial charge < -0.3 is 9.84 Å². The summed E-state index contributed by atoms with van der Waals surface area (Å²) in [5, 5.41) is 11.3. The van der Waals surface area contributed by atoms with Gasteiger partial charge in [0, 0.05) is 5.41 Å². The van der Waals surface area contributed by atoms with E-state index in [0.717, 1.165) is 25.0 Å². The van der Waals surface area contributed by atoms with E-state index in [1.807, 2.05) is 0 Å². The molecular formula is C27H40O2. The molecule has 2 heteroatoms. The molecule has 1 aromatic rings. The number of aliphatic hydroxyl groups is 1. The average molecular weight is 397 g/mol. The fraction of sp³-hybridized carbons (Fsp3) is 0.704. The molecule has 0 spiro atoms. The SMILES string of the molecule is C=C[C@@]12CCc3cc(OC)ccc3[C@H]1CC[C@]1(CC(C)CCCC)[C@@H](O)CC[C@@H]21. The van der Waals surface area contributed by atoms with Crippen LogP contribution in [0.2, 0.25) is 0 Å². The van der Waals surface area contributed by atoms with Gasteiger partial charge in [0.05, 0.1) is 13.2 Å². The number of fused-ring (bicyclic) bond motifs is 5. The van der Waals surface area contributed by atoms with Gasteiger partial charge >= 0.3 is 0 Å². The van der Waals surface area contributed by atoms with Crippen LogP contribution in [0.1, 0.15) is 88.7 Å². The molecule has 29 heavy (non-hydrogen) atoms. The van der Waals surface area contributed by atoms with Crippen LogP contribution in [0.25, 0.3) is 0 Å². The predicted molar refractivity (Wildman–Crippen MR) is 120 cm³/mol. The molecule has 1 aromatic carbocycles. The Morgan fingerprint density at radius 1 is 1.28 bits per heavy atom. The largest absolute Gasteiger partial charge is 0.497 e. The van der Waals surface area contributed by atoms with Gasteiger partial charge in [0.2, 0.25) is 0 Å². The van der Waals surface area contributed by atoms with Gasteiger partial charge in [0.15, 0.2) is 0 Å². The second kappa shape index (κ2) is 8.10. The lowest BCUT2D eigenvalue weighted by atomic mass is 9.46. The van der Waals surface area contributed by atoms with Crippen molar-refractivity contribution in [3.63, 3.8) is 0 Å². The van der Waals surface area contributed by atoms with Gasteiger partial charge in [-0.2, -0.15) is 0 Å². The van der Waals surface area contributed by atoms with Crippen LogP contribution in [0, 0.1) is 22.7 Å². The second-order valence-electron chi connectivity index (χ2n) is 10.3. The molecule has 2 saturated carbocycles. The minimum absolute atomic E-state index is 0.0990. The molecule has 0 aromatic heterocycles. The van der Waals surface area contributed by atoms with Crippen molar-refractivity contribution in [2.24, 2.45) is 22.7 Å². The summed E-state index contributed by atoms with van der Waals surface area (Å²) in [6.45, 7) is 9.11. The van der Waals surface area contributed by atoms with E-state index in [9.17, 15) is 5.11 Å². The lowest BCUT2D eigenvalue weighted by Gasteiger charge is -2.58. The molecule has 160 valence electrons. The van der Waals surface area contributed by atoms with Crippen molar-refractivity contribution in [2.45, 2.75) is 90.1 Å². The maximum atomic E-state index is 11.3. The van der Waals surface area contributed by atoms with Crippen LogP contribution in [0.5, 0.6) is 5.75 Å². The van der Waals surface area contributed by atoms with Gasteiger partial charge in [-0.3, -0.25) is 0 Å². The van der Waals surface area contributed by atoms with Crippen LogP contribution < -0.4 is 4.74 Å². The van der Waals surface area contributed by atoms with Crippen molar-refractivity contribution >= 4 is 0 Å². The molecule has 2 fully saturated rings. The van der Waals surface area contributed by atoms with Crippen LogP contribution in [-0.2, 0) is 6.42 Å². The Morgan fingerprint density at radius 3 is 2.83 bits per heavy atom. The number of hydrogen-bond acceptors (Lipinski definition) is 2. The lowest BCUT2D eigenvalue weighted by Crippen LogP contribution is -2.52. The van der Waals surface area contributed by atoms with E-state index in [2.05, 4.69) is 44.7 Å². The summed E-state index contributed by atoms with van der Waals surface area (Å²) in [7, 11) is 1.76. The van der Waals surface area contributed by atoms with Gasteiger partial charge in [0.25, 0.3) is 0 Å². The third kappa shape index (κ3) is 3.26. The molecule has 1 N–H and O–H groups in total. The monoisotopic (exact) mass is 396 g/mol. The number of benzene rings is 1. The number of methoxy groups -OCH3 is 1. The van der Waals surface area contributed by atoms with E-state index in [4.69, 9.17) is 4.74 Å². The van der Waals surface area contributed by atoms with Crippen molar-refractivity contribution in [3.05, 3.63) is 42.0 Å². The first-order valence-electron chi connectivity index (χ1n) is 12.0. The third-order valence-corrected chi connectivity index (χ3v) is 8.99. The molecule has 3 aliphatic carbocycles. The standard InChI is InChI=1S/C27H40O2/c1-5-7-8-19(3)18-27-16-14-23-22-10-9-21(29-4)17-20(22)13-15-26(23,6-2)24(27)11-12-25(27)28/h6,9-10,17,19,23-25,28H,2,5,7-8,11-16,18H2,1,3-4H3/t19?,23-,24+,25+,26-,27-/m1/s1. The van der Waals surface area contributed by atoms with E-state index < -0.39 is 0 Å². The van der Waals surface area contributed by atoms with E-state index in [0.29, 0.717) is 17.8 Å². The van der Waals surface area contributed by atoms with Crippen LogP contribution in [0.4, 0.5) is 0 Å². The average Bonchev–Trinajstić information content (AvgIpc) is 3.08. The molecule has 4 rings (SSSR count). The maximum absolute atomic E-state index is 11.3. The van der Waals surface area contributed by atoms with Gasteiger partial charge in [-0.15, -0.1) is 6.58 Å². The van der Waals surface area contributed by atoms with Gasteiger partial charge in [-0.1, -0.05) is 45.3 Å². The Balaban J connectivity index is 1.69. The highest BCUT2D eigenvalue weighted by Gasteiger charge is 2.62. The van der Waals surface area contributed by atoms with Crippen LogP contribution in [-0.4, -0.2) is 18.3 Å². The number of aryl methyl sites for hydroxylation is 1. The van der Waals surface area contributed by atoms with Crippen molar-refractivity contribution in [2.75, 3.05) is 7.11 Å². The third-order valence-electron chi connectivity index (χ3n) is 8.99. The minimum Gasteiger partial charge on any atom is -0.497 e. The Hall–Kier alpha value is -1.28. The van der Waals surface area contributed by atoms with Crippen LogP contribution >= 0.6 is 0 Å². The zero-order valence-electron chi connectivity index (χ0n) is 18.8. The smallest absolute Gasteiger partial charge is 0.119 e.